The minimum Gasteiger partial charge on any atom is -0.384 e. The minimum absolute atomic E-state index is 0.725. The molecule has 2 nitrogen and oxygen atoms in total. The Hall–Kier alpha value is -0.510. The van der Waals surface area contributed by atoms with E-state index in [1.54, 1.807) is 5.56 Å². The maximum absolute atomic E-state index is 5.33. The quantitative estimate of drug-likeness (QED) is 0.838. The molecule has 1 fully saturated rings. The van der Waals surface area contributed by atoms with Crippen LogP contribution in [-0.4, -0.2) is 44.0 Å². The van der Waals surface area contributed by atoms with Crippen molar-refractivity contribution in [1.29, 1.82) is 0 Å². The molecule has 0 bridgehead atoms. The number of piperidine rings is 1. The van der Waals surface area contributed by atoms with Gasteiger partial charge in [-0.15, -0.1) is 11.8 Å². The molecule has 104 valence electrons. The summed E-state index contributed by atoms with van der Waals surface area (Å²) in [5, 5.41) is 0. The number of likely N-dealkylation sites (tertiary alicyclic amines) is 1. The second kappa shape index (κ2) is 6.29. The van der Waals surface area contributed by atoms with E-state index in [2.05, 4.69) is 29.2 Å². The van der Waals surface area contributed by atoms with Gasteiger partial charge in [0.25, 0.3) is 0 Å². The highest BCUT2D eigenvalue weighted by atomic mass is 32.2. The van der Waals surface area contributed by atoms with Crippen molar-refractivity contribution < 1.29 is 4.74 Å². The van der Waals surface area contributed by atoms with Crippen LogP contribution < -0.4 is 0 Å². The van der Waals surface area contributed by atoms with Crippen LogP contribution in [0.3, 0.4) is 0 Å². The highest BCUT2D eigenvalue weighted by Crippen LogP contribution is 2.39. The number of thioether (sulfide) groups is 1. The van der Waals surface area contributed by atoms with Gasteiger partial charge >= 0.3 is 0 Å². The number of benzene rings is 1. The Morgan fingerprint density at radius 1 is 1.37 bits per heavy atom. The largest absolute Gasteiger partial charge is 0.384 e. The van der Waals surface area contributed by atoms with Crippen molar-refractivity contribution >= 4 is 11.8 Å². The summed E-state index contributed by atoms with van der Waals surface area (Å²) in [6.45, 7) is 4.64. The zero-order chi connectivity index (χ0) is 13.1. The molecule has 2 heterocycles. The van der Waals surface area contributed by atoms with Crippen LogP contribution in [0.4, 0.5) is 0 Å². The van der Waals surface area contributed by atoms with Gasteiger partial charge in [-0.25, -0.2) is 0 Å². The zero-order valence-electron chi connectivity index (χ0n) is 11.7. The first-order chi connectivity index (χ1) is 9.36. The van der Waals surface area contributed by atoms with Gasteiger partial charge in [0.1, 0.15) is 0 Å². The van der Waals surface area contributed by atoms with Gasteiger partial charge in [0.15, 0.2) is 0 Å². The van der Waals surface area contributed by atoms with Gasteiger partial charge in [-0.05, 0) is 36.9 Å². The van der Waals surface area contributed by atoms with Crippen LogP contribution in [-0.2, 0) is 4.74 Å². The molecule has 0 saturated carbocycles. The topological polar surface area (TPSA) is 12.5 Å². The summed E-state index contributed by atoms with van der Waals surface area (Å²) in [6.07, 6.45) is 2.66. The molecule has 0 N–H and O–H groups in total. The number of ether oxygens (including phenoxy) is 1. The van der Waals surface area contributed by atoms with Gasteiger partial charge in [0.2, 0.25) is 0 Å². The maximum atomic E-state index is 5.33. The molecular weight excluding hydrogens is 254 g/mol. The second-order valence-corrected chi connectivity index (χ2v) is 6.83. The van der Waals surface area contributed by atoms with Crippen molar-refractivity contribution in [3.8, 4) is 0 Å². The Morgan fingerprint density at radius 2 is 2.26 bits per heavy atom. The molecule has 0 spiro atoms. The molecule has 2 aliphatic rings. The van der Waals surface area contributed by atoms with E-state index in [9.17, 15) is 0 Å². The fourth-order valence-corrected chi connectivity index (χ4v) is 4.62. The Bertz CT molecular complexity index is 421. The maximum Gasteiger partial charge on any atom is 0.0502 e. The van der Waals surface area contributed by atoms with Crippen LogP contribution in [0.5, 0.6) is 0 Å². The third-order valence-corrected chi connectivity index (χ3v) is 5.53. The number of methoxy groups -OCH3 is 1. The van der Waals surface area contributed by atoms with Gasteiger partial charge in [-0.2, -0.15) is 0 Å². The lowest BCUT2D eigenvalue weighted by Gasteiger charge is -2.34. The molecule has 3 rings (SSSR count). The van der Waals surface area contributed by atoms with E-state index in [-0.39, 0.29) is 0 Å². The number of rotatable bonds is 4. The molecule has 3 heteroatoms. The van der Waals surface area contributed by atoms with Crippen molar-refractivity contribution in [2.24, 2.45) is 5.92 Å². The predicted molar refractivity (Wildman–Crippen MR) is 80.9 cm³/mol. The van der Waals surface area contributed by atoms with Crippen molar-refractivity contribution in [2.75, 3.05) is 39.1 Å². The smallest absolute Gasteiger partial charge is 0.0502 e. The Labute approximate surface area is 120 Å². The van der Waals surface area contributed by atoms with Gasteiger partial charge in [-0.1, -0.05) is 18.2 Å². The van der Waals surface area contributed by atoms with Gasteiger partial charge in [0, 0.05) is 36.8 Å². The van der Waals surface area contributed by atoms with Gasteiger partial charge < -0.3 is 9.64 Å². The van der Waals surface area contributed by atoms with Crippen molar-refractivity contribution in [3.05, 3.63) is 29.8 Å². The molecular formula is C16H23NOS. The third kappa shape index (κ3) is 3.15. The van der Waals surface area contributed by atoms with Crippen molar-refractivity contribution in [1.82, 2.24) is 4.90 Å². The number of fused-ring (bicyclic) bond motifs is 1. The van der Waals surface area contributed by atoms with Crippen LogP contribution >= 0.6 is 11.8 Å². The van der Waals surface area contributed by atoms with Crippen LogP contribution in [0.15, 0.2) is 29.2 Å². The molecule has 1 aromatic rings. The van der Waals surface area contributed by atoms with Crippen LogP contribution in [0.2, 0.25) is 0 Å². The van der Waals surface area contributed by atoms with E-state index in [1.165, 1.54) is 43.1 Å². The fourth-order valence-electron chi connectivity index (χ4n) is 3.38. The lowest BCUT2D eigenvalue weighted by atomic mass is 9.95. The lowest BCUT2D eigenvalue weighted by molar-refractivity contribution is 0.0886. The average Bonchev–Trinajstić information content (AvgIpc) is 2.83. The van der Waals surface area contributed by atoms with E-state index in [1.807, 2.05) is 18.9 Å². The zero-order valence-corrected chi connectivity index (χ0v) is 12.5. The molecule has 2 aliphatic heterocycles. The van der Waals surface area contributed by atoms with Gasteiger partial charge in [0.05, 0.1) is 6.61 Å². The Kier molecular flexibility index (Phi) is 4.46. The normalized spacial score (nSPS) is 27.4. The number of nitrogens with zero attached hydrogens (tertiary/aromatic N) is 1. The highest BCUT2D eigenvalue weighted by Gasteiger charge is 2.27. The third-order valence-electron chi connectivity index (χ3n) is 4.28. The summed E-state index contributed by atoms with van der Waals surface area (Å²) in [4.78, 5) is 4.15. The summed E-state index contributed by atoms with van der Waals surface area (Å²) in [6, 6.07) is 8.92. The highest BCUT2D eigenvalue weighted by molar-refractivity contribution is 7.99. The molecule has 1 aromatic carbocycles. The molecule has 0 aliphatic carbocycles. The lowest BCUT2D eigenvalue weighted by Crippen LogP contribution is -2.39. The number of hydrogen-bond donors (Lipinski definition) is 0. The molecule has 0 amide bonds. The molecule has 0 radical (unpaired) electrons. The first-order valence-electron chi connectivity index (χ1n) is 7.30. The van der Waals surface area contributed by atoms with E-state index in [0.29, 0.717) is 0 Å². The first kappa shape index (κ1) is 13.5. The van der Waals surface area contributed by atoms with E-state index >= 15 is 0 Å². The summed E-state index contributed by atoms with van der Waals surface area (Å²) in [5.74, 6) is 2.72. The van der Waals surface area contributed by atoms with Crippen LogP contribution in [0.25, 0.3) is 0 Å². The van der Waals surface area contributed by atoms with Crippen molar-refractivity contribution in [2.45, 2.75) is 23.7 Å². The molecule has 1 saturated heterocycles. The standard InChI is InChI=1S/C16H23NOS/c1-18-11-13-5-4-8-17(9-13)10-14-12-19-16-7-3-2-6-15(14)16/h2-3,6-7,13-14H,4-5,8-12H2,1H3. The Balaban J connectivity index is 1.60. The van der Waals surface area contributed by atoms with Crippen molar-refractivity contribution in [3.63, 3.8) is 0 Å². The second-order valence-electron chi connectivity index (χ2n) is 5.77. The predicted octanol–water partition coefficient (Wildman–Crippen LogP) is 3.23. The summed E-state index contributed by atoms with van der Waals surface area (Å²) < 4.78 is 5.33. The number of hydrogen-bond acceptors (Lipinski definition) is 3. The van der Waals surface area contributed by atoms with Crippen LogP contribution in [0, 0.1) is 5.92 Å². The summed E-state index contributed by atoms with van der Waals surface area (Å²) in [5.41, 5.74) is 1.57. The summed E-state index contributed by atoms with van der Waals surface area (Å²) >= 11 is 2.02. The SMILES string of the molecule is COCC1CCCN(CC2CSc3ccccc32)C1. The van der Waals surface area contributed by atoms with E-state index in [0.717, 1.165) is 18.4 Å². The first-order valence-corrected chi connectivity index (χ1v) is 8.28. The average molecular weight is 277 g/mol. The molecule has 2 atom stereocenters. The van der Waals surface area contributed by atoms with Crippen LogP contribution in [0.1, 0.15) is 24.3 Å². The molecule has 2 unspecified atom stereocenters. The molecule has 19 heavy (non-hydrogen) atoms. The van der Waals surface area contributed by atoms with Gasteiger partial charge in [-0.3, -0.25) is 0 Å². The van der Waals surface area contributed by atoms with E-state index < -0.39 is 0 Å². The Morgan fingerprint density at radius 3 is 3.16 bits per heavy atom. The minimum atomic E-state index is 0.725. The fraction of sp³-hybridized carbons (Fsp3) is 0.625. The monoisotopic (exact) mass is 277 g/mol. The van der Waals surface area contributed by atoms with E-state index in [4.69, 9.17) is 4.74 Å². The summed E-state index contributed by atoms with van der Waals surface area (Å²) in [7, 11) is 1.82. The molecule has 0 aromatic heterocycles.